The van der Waals surface area contributed by atoms with Crippen molar-refractivity contribution in [3.63, 3.8) is 0 Å². The molecule has 0 amide bonds. The quantitative estimate of drug-likeness (QED) is 0.548. The zero-order valence-electron chi connectivity index (χ0n) is 12.7. The Labute approximate surface area is 145 Å². The van der Waals surface area contributed by atoms with Crippen molar-refractivity contribution in [2.75, 3.05) is 0 Å². The minimum atomic E-state index is -1.18. The summed E-state index contributed by atoms with van der Waals surface area (Å²) in [7, 11) is 0. The summed E-state index contributed by atoms with van der Waals surface area (Å²) >= 11 is 6.00. The summed E-state index contributed by atoms with van der Waals surface area (Å²) in [5.74, 6) is -3.47. The van der Waals surface area contributed by atoms with Gasteiger partial charge in [-0.1, -0.05) is 28.6 Å². The highest BCUT2D eigenvalue weighted by Crippen LogP contribution is 2.40. The number of phenols is 1. The second-order valence-electron chi connectivity index (χ2n) is 5.29. The van der Waals surface area contributed by atoms with Crippen molar-refractivity contribution >= 4 is 11.6 Å². The lowest BCUT2D eigenvalue weighted by Gasteiger charge is -2.14. The predicted molar refractivity (Wildman–Crippen MR) is 85.4 cm³/mol. The average molecular weight is 367 g/mol. The SMILES string of the molecule is Cc1c(-c2ccc(O)cc2)c(-c2c(F)cc(F)cc2F)c(Cl)n[n+]1[O-]. The molecule has 0 spiro atoms. The van der Waals surface area contributed by atoms with Crippen LogP contribution in [0.15, 0.2) is 36.4 Å². The highest BCUT2D eigenvalue weighted by molar-refractivity contribution is 6.32. The molecule has 0 atom stereocenters. The van der Waals surface area contributed by atoms with Gasteiger partial charge >= 0.3 is 0 Å². The van der Waals surface area contributed by atoms with Gasteiger partial charge in [-0.15, -0.1) is 0 Å². The lowest BCUT2D eigenvalue weighted by Crippen LogP contribution is -2.35. The molecule has 8 heteroatoms. The van der Waals surface area contributed by atoms with Crippen LogP contribution in [0.3, 0.4) is 0 Å². The van der Waals surface area contributed by atoms with Gasteiger partial charge in [0.05, 0.1) is 11.1 Å². The van der Waals surface area contributed by atoms with Gasteiger partial charge in [-0.05, 0) is 17.7 Å². The van der Waals surface area contributed by atoms with Crippen LogP contribution in [-0.4, -0.2) is 10.2 Å². The summed E-state index contributed by atoms with van der Waals surface area (Å²) in [6, 6.07) is 6.64. The Morgan fingerprint density at radius 2 is 1.56 bits per heavy atom. The number of hydrogen-bond acceptors (Lipinski definition) is 3. The molecule has 4 nitrogen and oxygen atoms in total. The van der Waals surface area contributed by atoms with Gasteiger partial charge in [0.25, 0.3) is 0 Å². The summed E-state index contributed by atoms with van der Waals surface area (Å²) in [5.41, 5.74) is -0.229. The Bertz CT molecular complexity index is 956. The maximum atomic E-state index is 14.3. The van der Waals surface area contributed by atoms with E-state index in [1.165, 1.54) is 31.2 Å². The highest BCUT2D eigenvalue weighted by atomic mass is 35.5. The van der Waals surface area contributed by atoms with E-state index in [1.54, 1.807) is 0 Å². The molecule has 2 aromatic carbocycles. The van der Waals surface area contributed by atoms with Crippen LogP contribution in [0.1, 0.15) is 5.69 Å². The zero-order chi connectivity index (χ0) is 18.3. The highest BCUT2D eigenvalue weighted by Gasteiger charge is 2.27. The fraction of sp³-hybridized carbons (Fsp3) is 0.0588. The molecule has 1 aromatic heterocycles. The standard InChI is InChI=1S/C17H10ClF3N2O2/c1-8-14(9-2-4-11(24)5-3-9)16(17(18)22-23(8)25)15-12(20)6-10(19)7-13(15)21/h2-7,24H,1H3. The van der Waals surface area contributed by atoms with Crippen LogP contribution < -0.4 is 4.85 Å². The molecule has 0 saturated heterocycles. The molecule has 0 bridgehead atoms. The molecule has 0 aliphatic heterocycles. The van der Waals surface area contributed by atoms with Gasteiger partial charge in [0.15, 0.2) is 0 Å². The fourth-order valence-corrected chi connectivity index (χ4v) is 2.83. The van der Waals surface area contributed by atoms with E-state index in [0.717, 1.165) is 0 Å². The Kier molecular flexibility index (Phi) is 4.26. The zero-order valence-corrected chi connectivity index (χ0v) is 13.5. The van der Waals surface area contributed by atoms with Crippen molar-refractivity contribution in [2.24, 2.45) is 0 Å². The number of phenolic OH excluding ortho intramolecular Hbond substituents is 1. The number of aromatic nitrogens is 2. The van der Waals surface area contributed by atoms with Crippen molar-refractivity contribution in [1.29, 1.82) is 0 Å². The van der Waals surface area contributed by atoms with Crippen LogP contribution in [0.2, 0.25) is 5.15 Å². The lowest BCUT2D eigenvalue weighted by molar-refractivity contribution is -0.674. The van der Waals surface area contributed by atoms with Crippen molar-refractivity contribution in [3.8, 4) is 28.0 Å². The van der Waals surface area contributed by atoms with Crippen molar-refractivity contribution in [3.05, 3.63) is 69.9 Å². The van der Waals surface area contributed by atoms with Crippen LogP contribution >= 0.6 is 11.6 Å². The third kappa shape index (κ3) is 2.98. The Morgan fingerprint density at radius 3 is 2.12 bits per heavy atom. The Hall–Kier alpha value is -2.80. The third-order valence-electron chi connectivity index (χ3n) is 3.70. The van der Waals surface area contributed by atoms with Crippen LogP contribution in [0.4, 0.5) is 13.2 Å². The van der Waals surface area contributed by atoms with E-state index in [4.69, 9.17) is 11.6 Å². The summed E-state index contributed by atoms with van der Waals surface area (Å²) < 4.78 is 41.8. The van der Waals surface area contributed by atoms with E-state index in [2.05, 4.69) is 5.10 Å². The number of aromatic hydroxyl groups is 1. The molecule has 0 aliphatic rings. The van der Waals surface area contributed by atoms with Crippen molar-refractivity contribution in [2.45, 2.75) is 6.92 Å². The number of rotatable bonds is 2. The van der Waals surface area contributed by atoms with Gasteiger partial charge in [0.1, 0.15) is 23.2 Å². The summed E-state index contributed by atoms with van der Waals surface area (Å²) in [4.78, 5) is 0.230. The van der Waals surface area contributed by atoms with Gasteiger partial charge in [0.2, 0.25) is 10.8 Å². The third-order valence-corrected chi connectivity index (χ3v) is 3.96. The fourth-order valence-electron chi connectivity index (χ4n) is 2.57. The Morgan fingerprint density at radius 1 is 1.00 bits per heavy atom. The molecule has 1 N–H and O–H groups in total. The van der Waals surface area contributed by atoms with Crippen molar-refractivity contribution < 1.29 is 23.1 Å². The molecule has 25 heavy (non-hydrogen) atoms. The summed E-state index contributed by atoms with van der Waals surface area (Å²) in [6.45, 7) is 1.40. The second kappa shape index (κ2) is 6.25. The number of halogens is 4. The molecule has 0 radical (unpaired) electrons. The van der Waals surface area contributed by atoms with E-state index in [1.807, 2.05) is 0 Å². The molecule has 0 aliphatic carbocycles. The average Bonchev–Trinajstić information content (AvgIpc) is 2.52. The van der Waals surface area contributed by atoms with E-state index in [-0.39, 0.29) is 27.4 Å². The minimum Gasteiger partial charge on any atom is -0.594 e. The number of nitrogens with zero attached hydrogens (tertiary/aromatic N) is 2. The molecular weight excluding hydrogens is 357 g/mol. The molecular formula is C17H10ClF3N2O2. The van der Waals surface area contributed by atoms with Gasteiger partial charge in [-0.25, -0.2) is 13.2 Å². The predicted octanol–water partition coefficient (Wildman–Crippen LogP) is 4.13. The molecule has 1 heterocycles. The molecule has 3 aromatic rings. The minimum absolute atomic E-state index is 0.0303. The first kappa shape index (κ1) is 17.0. The topological polar surface area (TPSA) is 60.1 Å². The largest absolute Gasteiger partial charge is 0.594 e. The number of benzene rings is 2. The van der Waals surface area contributed by atoms with Crippen LogP contribution in [0.25, 0.3) is 22.3 Å². The number of hydrogen-bond donors (Lipinski definition) is 1. The van der Waals surface area contributed by atoms with E-state index in [9.17, 15) is 23.5 Å². The van der Waals surface area contributed by atoms with Crippen LogP contribution in [0, 0.1) is 29.6 Å². The maximum absolute atomic E-state index is 14.3. The van der Waals surface area contributed by atoms with Gasteiger partial charge < -0.3 is 10.3 Å². The van der Waals surface area contributed by atoms with Gasteiger partial charge in [-0.2, -0.15) is 0 Å². The second-order valence-corrected chi connectivity index (χ2v) is 5.65. The van der Waals surface area contributed by atoms with E-state index < -0.39 is 28.2 Å². The maximum Gasteiger partial charge on any atom is 0.227 e. The molecule has 128 valence electrons. The first-order valence-electron chi connectivity index (χ1n) is 7.04. The smallest absolute Gasteiger partial charge is 0.227 e. The summed E-state index contributed by atoms with van der Waals surface area (Å²) in [5, 5.41) is 24.4. The van der Waals surface area contributed by atoms with E-state index in [0.29, 0.717) is 17.7 Å². The lowest BCUT2D eigenvalue weighted by atomic mass is 9.94. The molecule has 0 saturated carbocycles. The summed E-state index contributed by atoms with van der Waals surface area (Å²) in [6.07, 6.45) is 0. The van der Waals surface area contributed by atoms with Gasteiger partial charge in [0, 0.05) is 29.7 Å². The van der Waals surface area contributed by atoms with Crippen molar-refractivity contribution in [1.82, 2.24) is 5.10 Å². The first-order chi connectivity index (χ1) is 11.8. The first-order valence-corrected chi connectivity index (χ1v) is 7.41. The molecule has 0 fully saturated rings. The van der Waals surface area contributed by atoms with Gasteiger partial charge in [-0.3, -0.25) is 0 Å². The van der Waals surface area contributed by atoms with E-state index >= 15 is 0 Å². The van der Waals surface area contributed by atoms with Crippen LogP contribution in [0.5, 0.6) is 5.75 Å². The monoisotopic (exact) mass is 366 g/mol. The normalized spacial score (nSPS) is 10.9. The molecule has 3 rings (SSSR count). The van der Waals surface area contributed by atoms with Crippen LogP contribution in [-0.2, 0) is 0 Å². The molecule has 0 unspecified atom stereocenters. The Balaban J connectivity index is 2.42.